The number of rotatable bonds is 8. The third kappa shape index (κ3) is 5.90. The molecule has 0 spiro atoms. The van der Waals surface area contributed by atoms with Crippen molar-refractivity contribution in [3.8, 4) is 0 Å². The zero-order valence-electron chi connectivity index (χ0n) is 15.1. The molecular weight excluding hydrogens is 368 g/mol. The molecule has 0 bridgehead atoms. The normalized spacial score (nSPS) is 12.4. The summed E-state index contributed by atoms with van der Waals surface area (Å²) < 4.78 is 27.0. The Balaban J connectivity index is 2.06. The Bertz CT molecular complexity index is 906. The van der Waals surface area contributed by atoms with Crippen LogP contribution in [0.4, 0.5) is 5.69 Å². The van der Waals surface area contributed by atoms with Gasteiger partial charge in [-0.2, -0.15) is 0 Å². The number of amides is 1. The van der Waals surface area contributed by atoms with E-state index in [0.717, 1.165) is 0 Å². The highest BCUT2D eigenvalue weighted by molar-refractivity contribution is 7.89. The summed E-state index contributed by atoms with van der Waals surface area (Å²) >= 11 is 0. The molecule has 1 amide bonds. The van der Waals surface area contributed by atoms with Crippen molar-refractivity contribution in [3.05, 3.63) is 59.7 Å². The SMILES string of the molecule is CCC(C)NS(=O)(=O)c1ccc(C(=O)Nc2ccc(CC(=O)O)cc2)cc1. The first kappa shape index (κ1) is 20.6. The first-order chi connectivity index (χ1) is 12.7. The predicted octanol–water partition coefficient (Wildman–Crippen LogP) is 2.64. The molecule has 3 N–H and O–H groups in total. The molecule has 144 valence electrons. The van der Waals surface area contributed by atoms with Crippen LogP contribution in [0.3, 0.4) is 0 Å². The average molecular weight is 390 g/mol. The smallest absolute Gasteiger partial charge is 0.307 e. The molecule has 0 fully saturated rings. The van der Waals surface area contributed by atoms with Crippen molar-refractivity contribution in [1.82, 2.24) is 4.72 Å². The molecule has 0 aliphatic heterocycles. The van der Waals surface area contributed by atoms with Crippen LogP contribution in [0.25, 0.3) is 0 Å². The Morgan fingerprint density at radius 3 is 2.15 bits per heavy atom. The Morgan fingerprint density at radius 1 is 1.04 bits per heavy atom. The minimum absolute atomic E-state index is 0.0884. The van der Waals surface area contributed by atoms with E-state index in [-0.39, 0.29) is 23.3 Å². The van der Waals surface area contributed by atoms with Gasteiger partial charge in [0.2, 0.25) is 10.0 Å². The molecule has 2 aromatic rings. The van der Waals surface area contributed by atoms with Gasteiger partial charge in [-0.3, -0.25) is 9.59 Å². The standard InChI is InChI=1S/C19H22N2O5S/c1-3-13(2)21-27(25,26)17-10-6-15(7-11-17)19(24)20-16-8-4-14(5-9-16)12-18(22)23/h4-11,13,21H,3,12H2,1-2H3,(H,20,24)(H,22,23). The third-order valence-electron chi connectivity index (χ3n) is 3.96. The molecule has 0 aliphatic carbocycles. The molecule has 0 radical (unpaired) electrons. The van der Waals surface area contributed by atoms with Gasteiger partial charge in [0.15, 0.2) is 0 Å². The van der Waals surface area contributed by atoms with Gasteiger partial charge in [0.25, 0.3) is 5.91 Å². The van der Waals surface area contributed by atoms with Crippen LogP contribution in [0.1, 0.15) is 36.2 Å². The Kier molecular flexibility index (Phi) is 6.70. The molecule has 2 rings (SSSR count). The fourth-order valence-electron chi connectivity index (χ4n) is 2.29. The summed E-state index contributed by atoms with van der Waals surface area (Å²) in [7, 11) is -3.62. The molecule has 0 heterocycles. The number of carboxylic acid groups (broad SMARTS) is 1. The topological polar surface area (TPSA) is 113 Å². The lowest BCUT2D eigenvalue weighted by molar-refractivity contribution is -0.136. The molecule has 1 unspecified atom stereocenters. The van der Waals surface area contributed by atoms with Gasteiger partial charge in [-0.05, 0) is 55.3 Å². The zero-order chi connectivity index (χ0) is 20.0. The van der Waals surface area contributed by atoms with Crippen LogP contribution in [0.5, 0.6) is 0 Å². The zero-order valence-corrected chi connectivity index (χ0v) is 15.9. The first-order valence-electron chi connectivity index (χ1n) is 8.45. The molecule has 0 saturated heterocycles. The van der Waals surface area contributed by atoms with Crippen LogP contribution < -0.4 is 10.0 Å². The van der Waals surface area contributed by atoms with Crippen LogP contribution in [-0.4, -0.2) is 31.4 Å². The monoisotopic (exact) mass is 390 g/mol. The maximum absolute atomic E-state index is 12.3. The second-order valence-electron chi connectivity index (χ2n) is 6.18. The van der Waals surface area contributed by atoms with Crippen LogP contribution in [-0.2, 0) is 21.2 Å². The van der Waals surface area contributed by atoms with E-state index >= 15 is 0 Å². The number of hydrogen-bond donors (Lipinski definition) is 3. The highest BCUT2D eigenvalue weighted by Crippen LogP contribution is 2.15. The van der Waals surface area contributed by atoms with Crippen molar-refractivity contribution in [2.24, 2.45) is 0 Å². The lowest BCUT2D eigenvalue weighted by Crippen LogP contribution is -2.32. The van der Waals surface area contributed by atoms with Crippen LogP contribution in [0.15, 0.2) is 53.4 Å². The molecule has 0 aliphatic rings. The van der Waals surface area contributed by atoms with Gasteiger partial charge in [0.1, 0.15) is 0 Å². The van der Waals surface area contributed by atoms with Gasteiger partial charge in [0.05, 0.1) is 11.3 Å². The molecule has 1 atom stereocenters. The van der Waals surface area contributed by atoms with Gasteiger partial charge >= 0.3 is 5.97 Å². The summed E-state index contributed by atoms with van der Waals surface area (Å²) in [6.45, 7) is 3.66. The number of anilines is 1. The number of hydrogen-bond acceptors (Lipinski definition) is 4. The molecular formula is C19H22N2O5S. The summed E-state index contributed by atoms with van der Waals surface area (Å²) in [5.74, 6) is -1.32. The Labute approximate surface area is 158 Å². The van der Waals surface area contributed by atoms with Crippen molar-refractivity contribution < 1.29 is 23.1 Å². The number of aliphatic carboxylic acids is 1. The van der Waals surface area contributed by atoms with Gasteiger partial charge in [-0.15, -0.1) is 0 Å². The van der Waals surface area contributed by atoms with Gasteiger partial charge in [0, 0.05) is 17.3 Å². The van der Waals surface area contributed by atoms with Crippen molar-refractivity contribution >= 4 is 27.6 Å². The first-order valence-corrected chi connectivity index (χ1v) is 9.94. The summed E-state index contributed by atoms with van der Waals surface area (Å²) in [5, 5.41) is 11.4. The van der Waals surface area contributed by atoms with E-state index in [0.29, 0.717) is 23.2 Å². The number of nitrogens with one attached hydrogen (secondary N) is 2. The fraction of sp³-hybridized carbons (Fsp3) is 0.263. The number of carboxylic acids is 1. The largest absolute Gasteiger partial charge is 0.481 e. The second-order valence-corrected chi connectivity index (χ2v) is 7.89. The summed E-state index contributed by atoms with van der Waals surface area (Å²) in [4.78, 5) is 23.1. The maximum atomic E-state index is 12.3. The van der Waals surface area contributed by atoms with E-state index in [1.165, 1.54) is 24.3 Å². The minimum Gasteiger partial charge on any atom is -0.481 e. The van der Waals surface area contributed by atoms with Gasteiger partial charge < -0.3 is 10.4 Å². The van der Waals surface area contributed by atoms with E-state index in [1.54, 1.807) is 31.2 Å². The number of benzene rings is 2. The lowest BCUT2D eigenvalue weighted by Gasteiger charge is -2.12. The maximum Gasteiger partial charge on any atom is 0.307 e. The Hall–Kier alpha value is -2.71. The quantitative estimate of drug-likeness (QED) is 0.641. The molecule has 0 saturated carbocycles. The van der Waals surface area contributed by atoms with Crippen LogP contribution in [0.2, 0.25) is 0 Å². The van der Waals surface area contributed by atoms with Crippen molar-refractivity contribution in [1.29, 1.82) is 0 Å². The number of sulfonamides is 1. The Morgan fingerprint density at radius 2 is 1.63 bits per heavy atom. The lowest BCUT2D eigenvalue weighted by atomic mass is 10.1. The van der Waals surface area contributed by atoms with E-state index < -0.39 is 16.0 Å². The molecule has 8 heteroatoms. The number of carbonyl (C=O) groups excluding carboxylic acids is 1. The molecule has 27 heavy (non-hydrogen) atoms. The predicted molar refractivity (Wildman–Crippen MR) is 102 cm³/mol. The van der Waals surface area contributed by atoms with Crippen LogP contribution in [0, 0.1) is 0 Å². The van der Waals surface area contributed by atoms with E-state index in [4.69, 9.17) is 5.11 Å². The van der Waals surface area contributed by atoms with Crippen LogP contribution >= 0.6 is 0 Å². The van der Waals surface area contributed by atoms with Gasteiger partial charge in [-0.25, -0.2) is 13.1 Å². The third-order valence-corrected chi connectivity index (χ3v) is 5.57. The molecule has 7 nitrogen and oxygen atoms in total. The minimum atomic E-state index is -3.62. The van der Waals surface area contributed by atoms with E-state index in [1.807, 2.05) is 6.92 Å². The van der Waals surface area contributed by atoms with Crippen molar-refractivity contribution in [2.75, 3.05) is 5.32 Å². The number of carbonyl (C=O) groups is 2. The highest BCUT2D eigenvalue weighted by Gasteiger charge is 2.17. The molecule has 2 aromatic carbocycles. The van der Waals surface area contributed by atoms with Gasteiger partial charge in [-0.1, -0.05) is 19.1 Å². The summed E-state index contributed by atoms with van der Waals surface area (Å²) in [6.07, 6.45) is 0.583. The highest BCUT2D eigenvalue weighted by atomic mass is 32.2. The molecule has 0 aromatic heterocycles. The summed E-state index contributed by atoms with van der Waals surface area (Å²) in [6, 6.07) is 12.0. The van der Waals surface area contributed by atoms with E-state index in [2.05, 4.69) is 10.0 Å². The van der Waals surface area contributed by atoms with Crippen molar-refractivity contribution in [3.63, 3.8) is 0 Å². The summed E-state index contributed by atoms with van der Waals surface area (Å²) in [5.41, 5.74) is 1.46. The van der Waals surface area contributed by atoms with E-state index in [9.17, 15) is 18.0 Å². The average Bonchev–Trinajstić information content (AvgIpc) is 2.62. The second kappa shape index (κ2) is 8.79. The van der Waals surface area contributed by atoms with Crippen molar-refractivity contribution in [2.45, 2.75) is 37.6 Å². The fourth-order valence-corrected chi connectivity index (χ4v) is 3.61.